The number of anilines is 1. The first kappa shape index (κ1) is 16.9. The topological polar surface area (TPSA) is 37.3 Å². The van der Waals surface area contributed by atoms with Crippen LogP contribution in [0.3, 0.4) is 0 Å². The number of hydrogen-bond acceptors (Lipinski definition) is 4. The Morgan fingerprint density at radius 2 is 1.77 bits per heavy atom. The van der Waals surface area contributed by atoms with E-state index >= 15 is 0 Å². The number of hydrogen-bond donors (Lipinski definition) is 1. The Kier molecular flexibility index (Phi) is 4.82. The van der Waals surface area contributed by atoms with E-state index in [-0.39, 0.29) is 0 Å². The number of rotatable bonds is 4. The average Bonchev–Trinajstić information content (AvgIpc) is 3.15. The van der Waals surface area contributed by atoms with Crippen LogP contribution in [0, 0.1) is 0 Å². The Morgan fingerprint density at radius 3 is 2.62 bits per heavy atom. The van der Waals surface area contributed by atoms with Crippen LogP contribution in [-0.2, 0) is 0 Å². The van der Waals surface area contributed by atoms with E-state index in [4.69, 9.17) is 4.98 Å². The number of halogens is 1. The van der Waals surface area contributed by atoms with Crippen molar-refractivity contribution in [2.45, 2.75) is 6.92 Å². The summed E-state index contributed by atoms with van der Waals surface area (Å²) in [5.41, 5.74) is 7.17. The molecule has 1 N–H and O–H groups in total. The molecule has 0 unspecified atom stereocenters. The number of fused-ring (bicyclic) bond motifs is 1. The highest BCUT2D eigenvalue weighted by Gasteiger charge is 2.08. The van der Waals surface area contributed by atoms with E-state index < -0.39 is 0 Å². The second-order valence-electron chi connectivity index (χ2n) is 5.88. The van der Waals surface area contributed by atoms with Crippen LogP contribution in [0.5, 0.6) is 0 Å². The SMILES string of the molecule is C/C(=N/Nc1nc(-c2cccc3ccccc23)cs1)c1ccc(Br)cc1. The molecule has 0 saturated heterocycles. The van der Waals surface area contributed by atoms with Gasteiger partial charge in [-0.2, -0.15) is 5.10 Å². The van der Waals surface area contributed by atoms with Crippen molar-refractivity contribution in [2.24, 2.45) is 5.10 Å². The minimum atomic E-state index is 0.782. The van der Waals surface area contributed by atoms with Gasteiger partial charge < -0.3 is 0 Å². The summed E-state index contributed by atoms with van der Waals surface area (Å²) in [6.07, 6.45) is 0. The van der Waals surface area contributed by atoms with Crippen LogP contribution < -0.4 is 5.43 Å². The number of nitrogens with zero attached hydrogens (tertiary/aromatic N) is 2. The average molecular weight is 422 g/mol. The van der Waals surface area contributed by atoms with Crippen LogP contribution in [-0.4, -0.2) is 10.7 Å². The third-order valence-corrected chi connectivity index (χ3v) is 5.43. The fourth-order valence-electron chi connectivity index (χ4n) is 2.78. The van der Waals surface area contributed by atoms with Gasteiger partial charge >= 0.3 is 0 Å². The molecule has 4 aromatic rings. The highest BCUT2D eigenvalue weighted by molar-refractivity contribution is 9.10. The highest BCUT2D eigenvalue weighted by atomic mass is 79.9. The van der Waals surface area contributed by atoms with Crippen molar-refractivity contribution in [3.05, 3.63) is 82.1 Å². The third-order valence-electron chi connectivity index (χ3n) is 4.15. The number of benzene rings is 3. The van der Waals surface area contributed by atoms with Gasteiger partial charge in [-0.1, -0.05) is 70.5 Å². The summed E-state index contributed by atoms with van der Waals surface area (Å²) in [6.45, 7) is 1.98. The van der Waals surface area contributed by atoms with E-state index in [1.807, 2.05) is 31.2 Å². The molecule has 1 aromatic heterocycles. The summed E-state index contributed by atoms with van der Waals surface area (Å²) >= 11 is 5.00. The van der Waals surface area contributed by atoms with Gasteiger partial charge in [-0.3, -0.25) is 5.43 Å². The van der Waals surface area contributed by atoms with Gasteiger partial charge in [-0.15, -0.1) is 11.3 Å². The first-order chi connectivity index (χ1) is 12.7. The summed E-state index contributed by atoms with van der Waals surface area (Å²) in [6, 6.07) is 22.8. The van der Waals surface area contributed by atoms with Crippen molar-refractivity contribution in [3.8, 4) is 11.3 Å². The first-order valence-corrected chi connectivity index (χ1v) is 9.88. The maximum Gasteiger partial charge on any atom is 0.203 e. The molecule has 0 aliphatic carbocycles. The fraction of sp³-hybridized carbons (Fsp3) is 0.0476. The normalized spacial score (nSPS) is 11.7. The molecule has 0 radical (unpaired) electrons. The van der Waals surface area contributed by atoms with Crippen LogP contribution in [0.15, 0.2) is 81.7 Å². The highest BCUT2D eigenvalue weighted by Crippen LogP contribution is 2.31. The molecule has 4 rings (SSSR count). The second kappa shape index (κ2) is 7.40. The largest absolute Gasteiger partial charge is 0.252 e. The molecule has 0 amide bonds. The van der Waals surface area contributed by atoms with Crippen molar-refractivity contribution in [1.82, 2.24) is 4.98 Å². The van der Waals surface area contributed by atoms with Gasteiger partial charge in [0.1, 0.15) is 0 Å². The molecule has 0 aliphatic rings. The number of hydrazone groups is 1. The van der Waals surface area contributed by atoms with E-state index in [1.54, 1.807) is 11.3 Å². The van der Waals surface area contributed by atoms with Gasteiger partial charge in [0.05, 0.1) is 11.4 Å². The minimum absolute atomic E-state index is 0.782. The van der Waals surface area contributed by atoms with E-state index in [2.05, 4.69) is 74.3 Å². The van der Waals surface area contributed by atoms with E-state index in [0.29, 0.717) is 0 Å². The van der Waals surface area contributed by atoms with Gasteiger partial charge in [0.25, 0.3) is 0 Å². The van der Waals surface area contributed by atoms with E-state index in [9.17, 15) is 0 Å². The second-order valence-corrected chi connectivity index (χ2v) is 7.65. The maximum atomic E-state index is 4.70. The van der Waals surface area contributed by atoms with Crippen LogP contribution in [0.1, 0.15) is 12.5 Å². The predicted octanol–water partition coefficient (Wildman–Crippen LogP) is 6.56. The van der Waals surface area contributed by atoms with Crippen LogP contribution in [0.25, 0.3) is 22.0 Å². The lowest BCUT2D eigenvalue weighted by Gasteiger charge is -2.03. The smallest absolute Gasteiger partial charge is 0.203 e. The monoisotopic (exact) mass is 421 g/mol. The van der Waals surface area contributed by atoms with Crippen molar-refractivity contribution in [2.75, 3.05) is 5.43 Å². The Bertz CT molecular complexity index is 1080. The first-order valence-electron chi connectivity index (χ1n) is 8.20. The Hall–Kier alpha value is -2.50. The molecule has 26 heavy (non-hydrogen) atoms. The van der Waals surface area contributed by atoms with Crippen molar-refractivity contribution < 1.29 is 0 Å². The molecule has 0 spiro atoms. The summed E-state index contributed by atoms with van der Waals surface area (Å²) in [5.74, 6) is 0. The molecule has 3 aromatic carbocycles. The zero-order valence-corrected chi connectivity index (χ0v) is 16.5. The summed E-state index contributed by atoms with van der Waals surface area (Å²) in [7, 11) is 0. The zero-order valence-electron chi connectivity index (χ0n) is 14.1. The van der Waals surface area contributed by atoms with Gasteiger partial charge in [-0.25, -0.2) is 4.98 Å². The quantitative estimate of drug-likeness (QED) is 0.299. The lowest BCUT2D eigenvalue weighted by molar-refractivity contribution is 1.27. The summed E-state index contributed by atoms with van der Waals surface area (Å²) < 4.78 is 1.06. The van der Waals surface area contributed by atoms with Crippen molar-refractivity contribution in [1.29, 1.82) is 0 Å². The van der Waals surface area contributed by atoms with Crippen LogP contribution in [0.4, 0.5) is 5.13 Å². The molecule has 5 heteroatoms. The van der Waals surface area contributed by atoms with E-state index in [1.165, 1.54) is 10.8 Å². The van der Waals surface area contributed by atoms with Crippen LogP contribution >= 0.6 is 27.3 Å². The number of thiazole rings is 1. The molecule has 128 valence electrons. The number of aromatic nitrogens is 1. The molecular weight excluding hydrogens is 406 g/mol. The molecule has 3 nitrogen and oxygen atoms in total. The molecule has 0 bridgehead atoms. The lowest BCUT2D eigenvalue weighted by atomic mass is 10.0. The van der Waals surface area contributed by atoms with Gasteiger partial charge in [0, 0.05) is 15.4 Å². The fourth-order valence-corrected chi connectivity index (χ4v) is 3.70. The minimum Gasteiger partial charge on any atom is -0.252 e. The molecule has 1 heterocycles. The standard InChI is InChI=1S/C21H16BrN3S/c1-14(15-9-11-17(22)12-10-15)24-25-21-23-20(13-26-21)19-8-4-6-16-5-2-3-7-18(16)19/h2-13H,1H3,(H,23,25)/b24-14-. The van der Waals surface area contributed by atoms with Crippen LogP contribution in [0.2, 0.25) is 0 Å². The van der Waals surface area contributed by atoms with Crippen molar-refractivity contribution in [3.63, 3.8) is 0 Å². The Morgan fingerprint density at radius 1 is 1.00 bits per heavy atom. The number of nitrogens with one attached hydrogen (secondary N) is 1. The van der Waals surface area contributed by atoms with Gasteiger partial charge in [0.15, 0.2) is 0 Å². The summed E-state index contributed by atoms with van der Waals surface area (Å²) in [5, 5.41) is 9.74. The van der Waals surface area contributed by atoms with Crippen molar-refractivity contribution >= 4 is 48.9 Å². The molecular formula is C21H16BrN3S. The molecule has 0 aliphatic heterocycles. The Labute approximate surface area is 164 Å². The predicted molar refractivity (Wildman–Crippen MR) is 115 cm³/mol. The molecule has 0 saturated carbocycles. The summed E-state index contributed by atoms with van der Waals surface area (Å²) in [4.78, 5) is 4.70. The maximum absolute atomic E-state index is 4.70. The molecule has 0 fully saturated rings. The van der Waals surface area contributed by atoms with E-state index in [0.717, 1.165) is 32.1 Å². The van der Waals surface area contributed by atoms with Gasteiger partial charge in [-0.05, 0) is 35.4 Å². The Balaban J connectivity index is 1.58. The third kappa shape index (κ3) is 3.54. The van der Waals surface area contributed by atoms with Gasteiger partial charge in [0.2, 0.25) is 5.13 Å². The lowest BCUT2D eigenvalue weighted by Crippen LogP contribution is -1.99. The molecule has 0 atom stereocenters. The zero-order chi connectivity index (χ0) is 17.9.